The lowest BCUT2D eigenvalue weighted by Gasteiger charge is -2.36. The first-order chi connectivity index (χ1) is 17.4. The fraction of sp³-hybridized carbons (Fsp3) is 0.286. The number of benzene rings is 3. The molecule has 0 spiro atoms. The fourth-order valence-electron chi connectivity index (χ4n) is 4.28. The van der Waals surface area contributed by atoms with Gasteiger partial charge in [-0.3, -0.25) is 15.0 Å². The number of piperazine rings is 1. The van der Waals surface area contributed by atoms with Crippen molar-refractivity contribution in [1.82, 2.24) is 10.2 Å². The van der Waals surface area contributed by atoms with Gasteiger partial charge in [0.05, 0.1) is 0 Å². The van der Waals surface area contributed by atoms with Gasteiger partial charge >= 0.3 is 0 Å². The summed E-state index contributed by atoms with van der Waals surface area (Å²) < 4.78 is 5.60. The van der Waals surface area contributed by atoms with Crippen molar-refractivity contribution in [1.29, 1.82) is 0 Å². The number of carbonyl (C=O) groups excluding carboxylic acids is 1. The normalized spacial score (nSPS) is 13.8. The predicted octanol–water partition coefficient (Wildman–Crippen LogP) is 5.17. The van der Waals surface area contributed by atoms with Crippen molar-refractivity contribution >= 4 is 46.2 Å². The van der Waals surface area contributed by atoms with Gasteiger partial charge in [-0.2, -0.15) is 0 Å². The number of thiocarbonyl (C=S) groups is 1. The van der Waals surface area contributed by atoms with Gasteiger partial charge in [-0.15, -0.1) is 0 Å². The van der Waals surface area contributed by atoms with Crippen molar-refractivity contribution in [2.75, 3.05) is 43.0 Å². The smallest absolute Gasteiger partial charge is 0.264 e. The number of ether oxygens (including phenoxy) is 1. The average molecular weight is 523 g/mol. The molecule has 2 N–H and O–H groups in total. The van der Waals surface area contributed by atoms with Crippen LogP contribution in [0.3, 0.4) is 0 Å². The second-order valence-electron chi connectivity index (χ2n) is 9.02. The summed E-state index contributed by atoms with van der Waals surface area (Å²) >= 11 is 11.6. The van der Waals surface area contributed by atoms with E-state index in [0.717, 1.165) is 60.2 Å². The third-order valence-electron chi connectivity index (χ3n) is 6.03. The quantitative estimate of drug-likeness (QED) is 0.417. The Labute approximate surface area is 223 Å². The van der Waals surface area contributed by atoms with Crippen molar-refractivity contribution in [3.05, 3.63) is 88.4 Å². The maximum absolute atomic E-state index is 12.2. The minimum absolute atomic E-state index is 0.105. The van der Waals surface area contributed by atoms with E-state index in [1.165, 1.54) is 5.56 Å². The highest BCUT2D eigenvalue weighted by Crippen LogP contribution is 2.22. The third kappa shape index (κ3) is 7.43. The van der Waals surface area contributed by atoms with Crippen LogP contribution in [0.2, 0.25) is 5.02 Å². The summed E-state index contributed by atoms with van der Waals surface area (Å²) in [6.45, 7) is 8.61. The summed E-state index contributed by atoms with van der Waals surface area (Å²) in [7, 11) is 0. The molecule has 0 unspecified atom stereocenters. The molecule has 0 radical (unpaired) electrons. The van der Waals surface area contributed by atoms with E-state index in [4.69, 9.17) is 28.6 Å². The highest BCUT2D eigenvalue weighted by Gasteiger charge is 2.18. The predicted molar refractivity (Wildman–Crippen MR) is 151 cm³/mol. The highest BCUT2D eigenvalue weighted by atomic mass is 35.5. The van der Waals surface area contributed by atoms with Gasteiger partial charge in [0, 0.05) is 49.1 Å². The zero-order valence-corrected chi connectivity index (χ0v) is 22.2. The zero-order valence-electron chi connectivity index (χ0n) is 20.6. The van der Waals surface area contributed by atoms with Gasteiger partial charge in [0.1, 0.15) is 5.75 Å². The number of rotatable bonds is 7. The van der Waals surface area contributed by atoms with Crippen LogP contribution in [0.5, 0.6) is 5.75 Å². The van der Waals surface area contributed by atoms with Crippen LogP contribution in [0.4, 0.5) is 11.4 Å². The Morgan fingerprint density at radius 2 is 1.64 bits per heavy atom. The fourth-order valence-corrected chi connectivity index (χ4v) is 4.70. The van der Waals surface area contributed by atoms with Gasteiger partial charge < -0.3 is 15.0 Å². The van der Waals surface area contributed by atoms with Crippen molar-refractivity contribution in [3.8, 4) is 5.75 Å². The lowest BCUT2D eigenvalue weighted by molar-refractivity contribution is -0.121. The van der Waals surface area contributed by atoms with Crippen LogP contribution in [0.25, 0.3) is 0 Å². The van der Waals surface area contributed by atoms with Gasteiger partial charge in [-0.1, -0.05) is 35.9 Å². The van der Waals surface area contributed by atoms with Crippen LogP contribution in [-0.2, 0) is 11.3 Å². The van der Waals surface area contributed by atoms with Gasteiger partial charge in [-0.25, -0.2) is 0 Å². The lowest BCUT2D eigenvalue weighted by atomic mass is 10.1. The minimum atomic E-state index is -0.307. The van der Waals surface area contributed by atoms with Gasteiger partial charge in [0.25, 0.3) is 5.91 Å². The van der Waals surface area contributed by atoms with E-state index in [1.807, 2.05) is 56.3 Å². The summed E-state index contributed by atoms with van der Waals surface area (Å²) in [6.07, 6.45) is 0. The molecule has 6 nitrogen and oxygen atoms in total. The Morgan fingerprint density at radius 1 is 0.972 bits per heavy atom. The molecule has 0 aliphatic carbocycles. The molecule has 3 aromatic rings. The third-order valence-corrected chi connectivity index (χ3v) is 6.61. The molecule has 1 aliphatic heterocycles. The van der Waals surface area contributed by atoms with Crippen LogP contribution in [0.1, 0.15) is 16.7 Å². The molecule has 1 fully saturated rings. The topological polar surface area (TPSA) is 56.8 Å². The molecular weight excluding hydrogens is 492 g/mol. The van der Waals surface area contributed by atoms with E-state index in [0.29, 0.717) is 5.75 Å². The molecule has 0 atom stereocenters. The molecule has 1 aliphatic rings. The number of halogens is 1. The summed E-state index contributed by atoms with van der Waals surface area (Å²) in [5.74, 6) is 0.361. The number of nitrogens with one attached hydrogen (secondary N) is 2. The van der Waals surface area contributed by atoms with E-state index < -0.39 is 0 Å². The van der Waals surface area contributed by atoms with E-state index >= 15 is 0 Å². The first-order valence-corrected chi connectivity index (χ1v) is 12.8. The van der Waals surface area contributed by atoms with Gasteiger partial charge in [0.15, 0.2) is 11.7 Å². The summed E-state index contributed by atoms with van der Waals surface area (Å²) in [6, 6.07) is 22.0. The second kappa shape index (κ2) is 12.2. The molecule has 8 heteroatoms. The summed E-state index contributed by atoms with van der Waals surface area (Å²) in [5.41, 5.74) is 5.32. The van der Waals surface area contributed by atoms with E-state index in [1.54, 1.807) is 0 Å². The lowest BCUT2D eigenvalue weighted by Crippen LogP contribution is -2.46. The number of carbonyl (C=O) groups is 1. The van der Waals surface area contributed by atoms with Crippen molar-refractivity contribution in [2.24, 2.45) is 0 Å². The molecule has 188 valence electrons. The average Bonchev–Trinajstić information content (AvgIpc) is 2.85. The standard InChI is InChI=1S/C28H31ClN4O2S/c1-20-15-21(2)17-25(16-20)35-19-27(34)31-28(36)30-23-7-9-24(10-8-23)33-13-11-32(12-14-33)18-22-5-3-4-6-26(22)29/h3-10,15-17H,11-14,18-19H2,1-2H3,(H2,30,31,34,36). The van der Waals surface area contributed by atoms with E-state index in [9.17, 15) is 4.79 Å². The summed E-state index contributed by atoms with van der Waals surface area (Å²) in [4.78, 5) is 17.0. The Morgan fingerprint density at radius 3 is 2.31 bits per heavy atom. The Bertz CT molecular complexity index is 1190. The first-order valence-electron chi connectivity index (χ1n) is 12.0. The molecule has 1 amide bonds. The Kier molecular flexibility index (Phi) is 8.80. The van der Waals surface area contributed by atoms with Gasteiger partial charge in [0.2, 0.25) is 0 Å². The molecule has 3 aromatic carbocycles. The Balaban J connectivity index is 1.21. The van der Waals surface area contributed by atoms with Crippen molar-refractivity contribution in [3.63, 3.8) is 0 Å². The SMILES string of the molecule is Cc1cc(C)cc(OCC(=O)NC(=S)Nc2ccc(N3CCN(Cc4ccccc4Cl)CC3)cc2)c1. The molecule has 4 rings (SSSR count). The monoisotopic (exact) mass is 522 g/mol. The molecule has 1 saturated heterocycles. The maximum Gasteiger partial charge on any atom is 0.264 e. The number of anilines is 2. The largest absolute Gasteiger partial charge is 0.484 e. The number of aryl methyl sites for hydroxylation is 2. The molecule has 1 heterocycles. The molecular formula is C28H31ClN4O2S. The molecule has 36 heavy (non-hydrogen) atoms. The van der Waals surface area contributed by atoms with Gasteiger partial charge in [-0.05, 0) is 85.2 Å². The molecule has 0 saturated carbocycles. The zero-order chi connectivity index (χ0) is 25.5. The summed E-state index contributed by atoms with van der Waals surface area (Å²) in [5, 5.41) is 6.80. The van der Waals surface area contributed by atoms with Crippen LogP contribution in [0.15, 0.2) is 66.7 Å². The first kappa shape index (κ1) is 25.9. The Hall–Kier alpha value is -3.13. The van der Waals surface area contributed by atoms with Crippen LogP contribution in [0, 0.1) is 13.8 Å². The van der Waals surface area contributed by atoms with E-state index in [-0.39, 0.29) is 17.6 Å². The van der Waals surface area contributed by atoms with Crippen molar-refractivity contribution in [2.45, 2.75) is 20.4 Å². The van der Waals surface area contributed by atoms with Crippen LogP contribution >= 0.6 is 23.8 Å². The number of amides is 1. The maximum atomic E-state index is 12.2. The number of nitrogens with zero attached hydrogens (tertiary/aromatic N) is 2. The van der Waals surface area contributed by atoms with Crippen LogP contribution in [-0.4, -0.2) is 48.7 Å². The number of hydrogen-bond donors (Lipinski definition) is 2. The second-order valence-corrected chi connectivity index (χ2v) is 9.83. The highest BCUT2D eigenvalue weighted by molar-refractivity contribution is 7.80. The van der Waals surface area contributed by atoms with Crippen LogP contribution < -0.4 is 20.3 Å². The van der Waals surface area contributed by atoms with E-state index in [2.05, 4.69) is 44.7 Å². The minimum Gasteiger partial charge on any atom is -0.484 e. The van der Waals surface area contributed by atoms with Crippen molar-refractivity contribution < 1.29 is 9.53 Å². The molecule has 0 aromatic heterocycles. The molecule has 0 bridgehead atoms. The number of hydrogen-bond acceptors (Lipinski definition) is 5.